The lowest BCUT2D eigenvalue weighted by molar-refractivity contribution is -0.119. The molecular formula is C28H32F2N3O5S. The summed E-state index contributed by atoms with van der Waals surface area (Å²) in [4.78, 5) is 23.4. The fourth-order valence-corrected chi connectivity index (χ4v) is 5.46. The molecule has 0 spiro atoms. The number of carbonyl (C=O) groups is 2. The maximum absolute atomic E-state index is 13.8. The van der Waals surface area contributed by atoms with Gasteiger partial charge in [0.05, 0.1) is 30.1 Å². The third-order valence-electron chi connectivity index (χ3n) is 6.55. The Bertz CT molecular complexity index is 1320. The quantitative estimate of drug-likeness (QED) is 0.244. The molecule has 8 nitrogen and oxygen atoms in total. The molecule has 1 aliphatic rings. The predicted octanol–water partition coefficient (Wildman–Crippen LogP) is 1.50. The Morgan fingerprint density at radius 1 is 1.18 bits per heavy atom. The fourth-order valence-electron chi connectivity index (χ4n) is 4.30. The van der Waals surface area contributed by atoms with E-state index in [1.165, 1.54) is 0 Å². The lowest BCUT2D eigenvalue weighted by Crippen LogP contribution is -2.50. The van der Waals surface area contributed by atoms with E-state index in [0.717, 1.165) is 42.5 Å². The van der Waals surface area contributed by atoms with Gasteiger partial charge in [-0.1, -0.05) is 18.1 Å². The van der Waals surface area contributed by atoms with Gasteiger partial charge in [0, 0.05) is 30.1 Å². The molecule has 1 radical (unpaired) electrons. The molecule has 209 valence electrons. The van der Waals surface area contributed by atoms with Gasteiger partial charge in [-0.3, -0.25) is 9.59 Å². The average Bonchev–Trinajstić information content (AvgIpc) is 3.66. The molecule has 1 fully saturated rings. The monoisotopic (exact) mass is 560 g/mol. The smallest absolute Gasteiger partial charge is 0.225 e. The Hall–Kier alpha value is -3.33. The highest BCUT2D eigenvalue weighted by atomic mass is 32.2. The molecule has 2 aromatic carbocycles. The molecule has 11 heteroatoms. The number of aliphatic hydroxyl groups excluding tert-OH is 1. The van der Waals surface area contributed by atoms with Crippen molar-refractivity contribution in [2.45, 2.75) is 49.8 Å². The van der Waals surface area contributed by atoms with E-state index in [0.29, 0.717) is 6.07 Å². The first-order valence-electron chi connectivity index (χ1n) is 12.5. The summed E-state index contributed by atoms with van der Waals surface area (Å²) in [6, 6.07) is 9.40. The number of rotatable bonds is 15. The molecule has 2 amide bonds. The molecule has 0 aromatic heterocycles. The topological polar surface area (TPSA) is 139 Å². The lowest BCUT2D eigenvalue weighted by atomic mass is 9.98. The normalized spacial score (nSPS) is 15.6. The summed E-state index contributed by atoms with van der Waals surface area (Å²) in [5, 5.41) is 16.9. The van der Waals surface area contributed by atoms with E-state index in [9.17, 15) is 31.9 Å². The number of hydrogen-bond acceptors (Lipinski definition) is 6. The minimum absolute atomic E-state index is 0.0362. The van der Waals surface area contributed by atoms with Gasteiger partial charge >= 0.3 is 0 Å². The molecule has 1 saturated carbocycles. The van der Waals surface area contributed by atoms with Crippen LogP contribution in [-0.4, -0.2) is 55.5 Å². The van der Waals surface area contributed by atoms with Crippen LogP contribution in [0, 0.1) is 30.4 Å². The van der Waals surface area contributed by atoms with Gasteiger partial charge in [0.2, 0.25) is 11.8 Å². The number of amides is 2. The zero-order chi connectivity index (χ0) is 28.6. The van der Waals surface area contributed by atoms with E-state index in [1.54, 1.807) is 0 Å². The van der Waals surface area contributed by atoms with Crippen molar-refractivity contribution in [3.63, 3.8) is 0 Å². The van der Waals surface area contributed by atoms with Gasteiger partial charge in [-0.2, -0.15) is 0 Å². The van der Waals surface area contributed by atoms with Crippen molar-refractivity contribution in [2.24, 2.45) is 5.73 Å². The second-order valence-corrected chi connectivity index (χ2v) is 12.0. The molecule has 0 aliphatic heterocycles. The van der Waals surface area contributed by atoms with E-state index in [2.05, 4.69) is 16.6 Å². The highest BCUT2D eigenvalue weighted by Gasteiger charge is 2.44. The zero-order valence-electron chi connectivity index (χ0n) is 21.3. The van der Waals surface area contributed by atoms with E-state index < -0.39 is 56.7 Å². The summed E-state index contributed by atoms with van der Waals surface area (Å²) in [7, 11) is -3.67. The van der Waals surface area contributed by atoms with E-state index >= 15 is 0 Å². The van der Waals surface area contributed by atoms with Crippen LogP contribution in [0.25, 0.3) is 0 Å². The lowest BCUT2D eigenvalue weighted by Gasteiger charge is -2.27. The van der Waals surface area contributed by atoms with Crippen LogP contribution in [0.1, 0.15) is 42.4 Å². The highest BCUT2D eigenvalue weighted by Crippen LogP contribution is 2.45. The number of sulfone groups is 1. The van der Waals surface area contributed by atoms with E-state index in [4.69, 9.17) is 12.2 Å². The van der Waals surface area contributed by atoms with Gasteiger partial charge in [-0.15, -0.1) is 6.42 Å². The largest absolute Gasteiger partial charge is 0.390 e. The molecular weight excluding hydrogens is 528 g/mol. The number of nitrogens with two attached hydrogens (primary N) is 1. The standard InChI is InChI=1S/C28H32F2N3O5S/c1-2-19-5-3-6-21(13-19)28(9-10-28)32-18-25(34)24(16-20-14-22(29)17-23(30)15-20)33-27(36)8-12-39(37,38)11-4-7-26(31)35/h1,3,5-6,8,13-15,17,24-25,32,34H,4,7,9-12,16,18H2,(H2,31,35)(H,33,36). The Morgan fingerprint density at radius 2 is 1.87 bits per heavy atom. The molecule has 2 aromatic rings. The predicted molar refractivity (Wildman–Crippen MR) is 143 cm³/mol. The summed E-state index contributed by atoms with van der Waals surface area (Å²) in [6.07, 6.45) is 6.70. The number of benzene rings is 2. The SMILES string of the molecule is C#Cc1cccc(C2(NCC(O)C(Cc3cc(F)cc(F)c3)NC(=O)[CH]CS(=O)(=O)CCCC(N)=O)CC2)c1. The molecule has 0 saturated heterocycles. The van der Waals surface area contributed by atoms with Crippen molar-refractivity contribution in [1.82, 2.24) is 10.6 Å². The first-order valence-corrected chi connectivity index (χ1v) is 14.3. The van der Waals surface area contributed by atoms with Crippen LogP contribution in [-0.2, 0) is 31.4 Å². The van der Waals surface area contributed by atoms with Gasteiger partial charge in [0.25, 0.3) is 0 Å². The van der Waals surface area contributed by atoms with Gasteiger partial charge in [0.1, 0.15) is 11.6 Å². The summed E-state index contributed by atoms with van der Waals surface area (Å²) in [6.45, 7) is 0.0362. The Balaban J connectivity index is 1.67. The minimum atomic E-state index is -3.67. The van der Waals surface area contributed by atoms with Crippen LogP contribution in [0.3, 0.4) is 0 Å². The minimum Gasteiger partial charge on any atom is -0.390 e. The second-order valence-electron chi connectivity index (χ2n) is 9.74. The summed E-state index contributed by atoms with van der Waals surface area (Å²) >= 11 is 0. The van der Waals surface area contributed by atoms with Gasteiger partial charge in [0.15, 0.2) is 9.84 Å². The maximum Gasteiger partial charge on any atom is 0.225 e. The number of primary amides is 1. The van der Waals surface area contributed by atoms with Crippen LogP contribution in [0.4, 0.5) is 8.78 Å². The number of carbonyl (C=O) groups excluding carboxylic acids is 2. The highest BCUT2D eigenvalue weighted by molar-refractivity contribution is 7.91. The van der Waals surface area contributed by atoms with Crippen molar-refractivity contribution in [3.8, 4) is 12.3 Å². The molecule has 0 bridgehead atoms. The number of hydrogen-bond donors (Lipinski definition) is 4. The third-order valence-corrected chi connectivity index (χ3v) is 8.14. The number of terminal acetylenes is 1. The fraction of sp³-hybridized carbons (Fsp3) is 0.393. The summed E-state index contributed by atoms with van der Waals surface area (Å²) in [5.41, 5.74) is 6.53. The van der Waals surface area contributed by atoms with Crippen molar-refractivity contribution in [1.29, 1.82) is 0 Å². The molecule has 0 heterocycles. The van der Waals surface area contributed by atoms with Gasteiger partial charge < -0.3 is 21.5 Å². The maximum atomic E-state index is 13.8. The van der Waals surface area contributed by atoms with Crippen molar-refractivity contribution in [2.75, 3.05) is 18.1 Å². The van der Waals surface area contributed by atoms with Crippen molar-refractivity contribution < 1.29 is 31.9 Å². The van der Waals surface area contributed by atoms with Crippen LogP contribution < -0.4 is 16.4 Å². The Morgan fingerprint density at radius 3 is 2.49 bits per heavy atom. The first kappa shape index (κ1) is 30.2. The van der Waals surface area contributed by atoms with Crippen molar-refractivity contribution >= 4 is 21.7 Å². The molecule has 1 aliphatic carbocycles. The Kier molecular flexibility index (Phi) is 10.2. The Labute approximate surface area is 227 Å². The second kappa shape index (κ2) is 13.2. The molecule has 5 N–H and O–H groups in total. The number of aliphatic hydroxyl groups is 1. The van der Waals surface area contributed by atoms with E-state index in [1.807, 2.05) is 24.3 Å². The third kappa shape index (κ3) is 9.42. The average molecular weight is 561 g/mol. The molecule has 39 heavy (non-hydrogen) atoms. The number of halogens is 2. The zero-order valence-corrected chi connectivity index (χ0v) is 22.1. The van der Waals surface area contributed by atoms with Crippen LogP contribution in [0.15, 0.2) is 42.5 Å². The summed E-state index contributed by atoms with van der Waals surface area (Å²) in [5.74, 6) is -1.30. The van der Waals surface area contributed by atoms with Crippen LogP contribution in [0.5, 0.6) is 0 Å². The molecule has 2 unspecified atom stereocenters. The van der Waals surface area contributed by atoms with E-state index in [-0.39, 0.29) is 37.1 Å². The van der Waals surface area contributed by atoms with Crippen LogP contribution >= 0.6 is 0 Å². The van der Waals surface area contributed by atoms with Gasteiger partial charge in [-0.25, -0.2) is 17.2 Å². The van der Waals surface area contributed by atoms with Crippen molar-refractivity contribution in [3.05, 3.63) is 77.2 Å². The first-order chi connectivity index (χ1) is 18.4. The summed E-state index contributed by atoms with van der Waals surface area (Å²) < 4.78 is 51.9. The van der Waals surface area contributed by atoms with Crippen LogP contribution in [0.2, 0.25) is 0 Å². The molecule has 3 rings (SSSR count). The van der Waals surface area contributed by atoms with Gasteiger partial charge in [-0.05, 0) is 61.1 Å². The molecule has 2 atom stereocenters. The number of nitrogens with one attached hydrogen (secondary N) is 2.